The number of carboxylic acid groups (broad SMARTS) is 1. The quantitative estimate of drug-likeness (QED) is 0.833. The molecule has 1 N–H and O–H groups in total. The lowest BCUT2D eigenvalue weighted by atomic mass is 10.1. The molecule has 0 aliphatic heterocycles. The Kier molecular flexibility index (Phi) is 6.34. The molecule has 0 aromatic heterocycles. The van der Waals surface area contributed by atoms with Crippen molar-refractivity contribution in [3.8, 4) is 6.07 Å². The van der Waals surface area contributed by atoms with E-state index in [1.807, 2.05) is 24.0 Å². The van der Waals surface area contributed by atoms with E-state index in [1.165, 1.54) is 0 Å². The molecule has 0 aliphatic carbocycles. The molecule has 0 bridgehead atoms. The van der Waals surface area contributed by atoms with Crippen LogP contribution in [0.15, 0.2) is 24.3 Å². The number of aliphatic carboxylic acids is 1. The third kappa shape index (κ3) is 4.55. The molecule has 0 radical (unpaired) electrons. The van der Waals surface area contributed by atoms with Crippen molar-refractivity contribution in [2.24, 2.45) is 0 Å². The number of nitrogens with zero attached hydrogens (tertiary/aromatic N) is 2. The molecule has 1 aromatic carbocycles. The first-order valence-electron chi connectivity index (χ1n) is 6.20. The van der Waals surface area contributed by atoms with Gasteiger partial charge in [-0.25, -0.2) is 0 Å². The average Bonchev–Trinajstić information content (AvgIpc) is 2.38. The Labute approximate surface area is 118 Å². The van der Waals surface area contributed by atoms with Crippen LogP contribution in [0.25, 0.3) is 0 Å². The minimum atomic E-state index is -0.864. The number of halogens is 1. The molecule has 4 nitrogen and oxygen atoms in total. The fourth-order valence-corrected chi connectivity index (χ4v) is 2.18. The molecule has 1 unspecified atom stereocenters. The lowest BCUT2D eigenvalue weighted by Crippen LogP contribution is -2.31. The summed E-state index contributed by atoms with van der Waals surface area (Å²) in [4.78, 5) is 12.5. The van der Waals surface area contributed by atoms with E-state index in [-0.39, 0.29) is 6.42 Å². The Hall–Kier alpha value is -1.57. The maximum atomic E-state index is 10.7. The average molecular weight is 281 g/mol. The second kappa shape index (κ2) is 7.78. The smallest absolute Gasteiger partial charge is 0.304 e. The second-order valence-corrected chi connectivity index (χ2v) is 4.64. The Morgan fingerprint density at radius 3 is 2.68 bits per heavy atom. The lowest BCUT2D eigenvalue weighted by Gasteiger charge is -2.26. The number of rotatable bonds is 7. The highest BCUT2D eigenvalue weighted by Crippen LogP contribution is 2.27. The van der Waals surface area contributed by atoms with E-state index >= 15 is 0 Å². The van der Waals surface area contributed by atoms with Gasteiger partial charge < -0.3 is 5.11 Å². The monoisotopic (exact) mass is 280 g/mol. The van der Waals surface area contributed by atoms with Gasteiger partial charge in [-0.05, 0) is 19.0 Å². The van der Waals surface area contributed by atoms with Crippen LogP contribution < -0.4 is 0 Å². The fraction of sp³-hybridized carbons (Fsp3) is 0.429. The molecule has 1 aromatic rings. The molecule has 0 saturated heterocycles. The van der Waals surface area contributed by atoms with Gasteiger partial charge in [-0.15, -0.1) is 0 Å². The molecule has 0 heterocycles. The van der Waals surface area contributed by atoms with E-state index in [2.05, 4.69) is 6.07 Å². The third-order valence-corrected chi connectivity index (χ3v) is 3.16. The van der Waals surface area contributed by atoms with E-state index in [1.54, 1.807) is 12.1 Å². The van der Waals surface area contributed by atoms with Crippen LogP contribution in [0.3, 0.4) is 0 Å². The highest BCUT2D eigenvalue weighted by Gasteiger charge is 2.21. The van der Waals surface area contributed by atoms with Gasteiger partial charge in [0.2, 0.25) is 0 Å². The second-order valence-electron chi connectivity index (χ2n) is 4.23. The van der Waals surface area contributed by atoms with Crippen LogP contribution in [0.4, 0.5) is 0 Å². The van der Waals surface area contributed by atoms with Gasteiger partial charge in [-0.1, -0.05) is 36.7 Å². The lowest BCUT2D eigenvalue weighted by molar-refractivity contribution is -0.137. The summed E-state index contributed by atoms with van der Waals surface area (Å²) in [7, 11) is 0. The highest BCUT2D eigenvalue weighted by atomic mass is 35.5. The van der Waals surface area contributed by atoms with Crippen molar-refractivity contribution in [2.75, 3.05) is 13.1 Å². The molecule has 0 amide bonds. The summed E-state index contributed by atoms with van der Waals surface area (Å²) in [6.45, 7) is 3.00. The van der Waals surface area contributed by atoms with Crippen LogP contribution in [0.2, 0.25) is 5.02 Å². The Morgan fingerprint density at radius 2 is 2.16 bits per heavy atom. The largest absolute Gasteiger partial charge is 0.481 e. The van der Waals surface area contributed by atoms with Gasteiger partial charge in [0.05, 0.1) is 12.5 Å². The Balaban J connectivity index is 2.93. The van der Waals surface area contributed by atoms with E-state index in [0.29, 0.717) is 18.1 Å². The van der Waals surface area contributed by atoms with E-state index < -0.39 is 12.0 Å². The van der Waals surface area contributed by atoms with E-state index in [9.17, 15) is 10.1 Å². The van der Waals surface area contributed by atoms with Gasteiger partial charge in [-0.2, -0.15) is 5.26 Å². The van der Waals surface area contributed by atoms with Gasteiger partial charge in [0, 0.05) is 17.1 Å². The van der Waals surface area contributed by atoms with Crippen molar-refractivity contribution in [3.63, 3.8) is 0 Å². The number of carbonyl (C=O) groups is 1. The van der Waals surface area contributed by atoms with Crippen molar-refractivity contribution in [1.29, 1.82) is 5.26 Å². The van der Waals surface area contributed by atoms with Crippen LogP contribution in [-0.2, 0) is 4.79 Å². The van der Waals surface area contributed by atoms with Crippen molar-refractivity contribution >= 4 is 17.6 Å². The maximum absolute atomic E-state index is 10.7. The van der Waals surface area contributed by atoms with E-state index in [4.69, 9.17) is 16.7 Å². The van der Waals surface area contributed by atoms with Gasteiger partial charge in [0.1, 0.15) is 6.04 Å². The molecule has 1 atom stereocenters. The van der Waals surface area contributed by atoms with Crippen molar-refractivity contribution in [1.82, 2.24) is 4.90 Å². The maximum Gasteiger partial charge on any atom is 0.304 e. The topological polar surface area (TPSA) is 64.3 Å². The zero-order valence-electron chi connectivity index (χ0n) is 10.8. The predicted molar refractivity (Wildman–Crippen MR) is 73.9 cm³/mol. The third-order valence-electron chi connectivity index (χ3n) is 2.81. The summed E-state index contributed by atoms with van der Waals surface area (Å²) < 4.78 is 0. The van der Waals surface area contributed by atoms with E-state index in [0.717, 1.165) is 12.0 Å². The summed E-state index contributed by atoms with van der Waals surface area (Å²) in [5.41, 5.74) is 0.727. The summed E-state index contributed by atoms with van der Waals surface area (Å²) >= 11 is 6.11. The molecular formula is C14H17ClN2O2. The van der Waals surface area contributed by atoms with Gasteiger partial charge in [0.15, 0.2) is 0 Å². The van der Waals surface area contributed by atoms with Crippen LogP contribution >= 0.6 is 11.6 Å². The van der Waals surface area contributed by atoms with Crippen LogP contribution in [0, 0.1) is 11.3 Å². The minimum absolute atomic E-state index is 0.0165. The van der Waals surface area contributed by atoms with Crippen LogP contribution in [0.1, 0.15) is 31.4 Å². The standard InChI is InChI=1S/C14H17ClN2O2/c1-2-8-17(9-7-14(18)19)13(10-16)11-5-3-4-6-12(11)15/h3-6,13H,2,7-9H2,1H3,(H,18,19). The number of benzene rings is 1. The predicted octanol–water partition coefficient (Wildman–Crippen LogP) is 3.09. The zero-order chi connectivity index (χ0) is 14.3. The van der Waals surface area contributed by atoms with Gasteiger partial charge in [-0.3, -0.25) is 9.69 Å². The van der Waals surface area contributed by atoms with Gasteiger partial charge in [0.25, 0.3) is 0 Å². The summed E-state index contributed by atoms with van der Waals surface area (Å²) in [6, 6.07) is 8.89. The SMILES string of the molecule is CCCN(CCC(=O)O)C(C#N)c1ccccc1Cl. The zero-order valence-corrected chi connectivity index (χ0v) is 11.6. The summed E-state index contributed by atoms with van der Waals surface area (Å²) in [5, 5.41) is 18.7. The number of hydrogen-bond acceptors (Lipinski definition) is 3. The molecule has 102 valence electrons. The number of carboxylic acids is 1. The molecule has 0 saturated carbocycles. The van der Waals surface area contributed by atoms with Gasteiger partial charge >= 0.3 is 5.97 Å². The van der Waals surface area contributed by atoms with Crippen molar-refractivity contribution < 1.29 is 9.90 Å². The molecule has 0 aliphatic rings. The molecule has 19 heavy (non-hydrogen) atoms. The highest BCUT2D eigenvalue weighted by molar-refractivity contribution is 6.31. The fourth-order valence-electron chi connectivity index (χ4n) is 1.94. The van der Waals surface area contributed by atoms with Crippen molar-refractivity contribution in [2.45, 2.75) is 25.8 Å². The van der Waals surface area contributed by atoms with Crippen LogP contribution in [0.5, 0.6) is 0 Å². The normalized spacial score (nSPS) is 12.1. The first kappa shape index (κ1) is 15.5. The number of nitriles is 1. The summed E-state index contributed by atoms with van der Waals surface area (Å²) in [6.07, 6.45) is 0.866. The summed E-state index contributed by atoms with van der Waals surface area (Å²) in [5.74, 6) is -0.864. The van der Waals surface area contributed by atoms with Crippen molar-refractivity contribution in [3.05, 3.63) is 34.9 Å². The van der Waals surface area contributed by atoms with Crippen LogP contribution in [-0.4, -0.2) is 29.1 Å². The molecule has 5 heteroatoms. The molecule has 0 fully saturated rings. The Morgan fingerprint density at radius 1 is 1.47 bits per heavy atom. The molecular weight excluding hydrogens is 264 g/mol. The first-order chi connectivity index (χ1) is 9.10. The molecule has 1 rings (SSSR count). The minimum Gasteiger partial charge on any atom is -0.481 e. The Bertz CT molecular complexity index is 471. The molecule has 0 spiro atoms. The first-order valence-corrected chi connectivity index (χ1v) is 6.57. The number of hydrogen-bond donors (Lipinski definition) is 1.